The number of hydrogen-bond acceptors (Lipinski definition) is 4. The number of benzene rings is 2. The highest BCUT2D eigenvalue weighted by molar-refractivity contribution is 6.04. The lowest BCUT2D eigenvalue weighted by atomic mass is 9.74. The molecule has 1 N–H and O–H groups in total. The van der Waals surface area contributed by atoms with Crippen molar-refractivity contribution in [1.82, 2.24) is 10.3 Å². The van der Waals surface area contributed by atoms with Crippen molar-refractivity contribution >= 4 is 28.5 Å². The number of nitrogens with zero attached hydrogens (tertiary/aromatic N) is 2. The van der Waals surface area contributed by atoms with E-state index in [1.54, 1.807) is 0 Å². The standard InChI is InChI=1S/C43H39N3O/c1-27-10-6-9-15-35(27)42-45-40-38(47-42)23-21-29-17-18-31-25-33(20-22-36(31)39(29)40)41-44-37(26-43(2,46-41)34-13-4-3-5-14-34)32-19-16-28-11-7-8-12-30(28)24-32/h3-9,11-15,17-25,27-28,31,36,41,46H,10,16,26H2,1-2H3. The van der Waals surface area contributed by atoms with Crippen LogP contribution in [0.25, 0.3) is 22.7 Å². The van der Waals surface area contributed by atoms with Gasteiger partial charge in [0.15, 0.2) is 5.58 Å². The van der Waals surface area contributed by atoms with E-state index < -0.39 is 0 Å². The summed E-state index contributed by atoms with van der Waals surface area (Å²) in [6, 6.07) is 15.1. The van der Waals surface area contributed by atoms with Gasteiger partial charge in [-0.25, -0.2) is 4.98 Å². The summed E-state index contributed by atoms with van der Waals surface area (Å²) in [4.78, 5) is 10.6. The van der Waals surface area contributed by atoms with Crippen molar-refractivity contribution in [2.45, 2.75) is 50.7 Å². The van der Waals surface area contributed by atoms with Gasteiger partial charge in [-0.15, -0.1) is 0 Å². The Hall–Kier alpha value is -4.80. The second-order valence-corrected chi connectivity index (χ2v) is 14.0. The van der Waals surface area contributed by atoms with Crippen LogP contribution in [0.4, 0.5) is 0 Å². The quantitative estimate of drug-likeness (QED) is 0.319. The minimum absolute atomic E-state index is 0.156. The highest BCUT2D eigenvalue weighted by Crippen LogP contribution is 2.45. The first-order valence-corrected chi connectivity index (χ1v) is 17.1. The average molecular weight is 614 g/mol. The highest BCUT2D eigenvalue weighted by atomic mass is 16.3. The number of fused-ring (bicyclic) bond motifs is 6. The minimum atomic E-state index is -0.258. The van der Waals surface area contributed by atoms with Gasteiger partial charge in [-0.05, 0) is 71.2 Å². The van der Waals surface area contributed by atoms with Crippen molar-refractivity contribution in [3.63, 3.8) is 0 Å². The molecule has 47 heavy (non-hydrogen) atoms. The maximum absolute atomic E-state index is 6.38. The van der Waals surface area contributed by atoms with Crippen LogP contribution in [0.3, 0.4) is 0 Å². The van der Waals surface area contributed by atoms with Gasteiger partial charge < -0.3 is 4.42 Å². The minimum Gasteiger partial charge on any atom is -0.436 e. The lowest BCUT2D eigenvalue weighted by molar-refractivity contribution is 0.331. The molecule has 0 saturated carbocycles. The van der Waals surface area contributed by atoms with E-state index >= 15 is 0 Å². The third kappa shape index (κ3) is 4.94. The third-order valence-electron chi connectivity index (χ3n) is 10.8. The molecule has 232 valence electrons. The van der Waals surface area contributed by atoms with Gasteiger partial charge in [0.2, 0.25) is 5.89 Å². The largest absolute Gasteiger partial charge is 0.436 e. The maximum atomic E-state index is 6.38. The summed E-state index contributed by atoms with van der Waals surface area (Å²) in [6.07, 6.45) is 34.5. The van der Waals surface area contributed by atoms with E-state index in [0.717, 1.165) is 36.3 Å². The van der Waals surface area contributed by atoms with E-state index in [0.29, 0.717) is 11.8 Å². The Balaban J connectivity index is 1.07. The summed E-state index contributed by atoms with van der Waals surface area (Å²) in [6.45, 7) is 4.57. The second-order valence-electron chi connectivity index (χ2n) is 14.0. The number of oxazole rings is 1. The monoisotopic (exact) mass is 613 g/mol. The van der Waals surface area contributed by atoms with Crippen molar-refractivity contribution < 1.29 is 4.42 Å². The average Bonchev–Trinajstić information content (AvgIpc) is 3.56. The zero-order valence-corrected chi connectivity index (χ0v) is 26.9. The van der Waals surface area contributed by atoms with Gasteiger partial charge >= 0.3 is 0 Å². The summed E-state index contributed by atoms with van der Waals surface area (Å²) in [5.74, 6) is 2.02. The first-order valence-electron chi connectivity index (χ1n) is 17.1. The van der Waals surface area contributed by atoms with Crippen LogP contribution in [0.15, 0.2) is 148 Å². The smallest absolute Gasteiger partial charge is 0.223 e. The summed E-state index contributed by atoms with van der Waals surface area (Å²) in [5.41, 5.74) is 11.6. The van der Waals surface area contributed by atoms with Crippen LogP contribution in [-0.4, -0.2) is 16.9 Å². The molecular formula is C43H39N3O. The fraction of sp³-hybridized carbons (Fsp3) is 0.256. The molecule has 0 spiro atoms. The van der Waals surface area contributed by atoms with Gasteiger partial charge in [0, 0.05) is 41.0 Å². The lowest BCUT2D eigenvalue weighted by Gasteiger charge is -2.41. The molecule has 0 bridgehead atoms. The molecule has 0 saturated heterocycles. The van der Waals surface area contributed by atoms with E-state index in [1.165, 1.54) is 44.7 Å². The molecule has 0 amide bonds. The van der Waals surface area contributed by atoms with Gasteiger partial charge in [-0.3, -0.25) is 10.3 Å². The molecular weight excluding hydrogens is 574 g/mol. The SMILES string of the molecule is CC1CC=CC=C1c1nc2c3c(ccc2o1)C=CC1C=C(C2N=C(C4=CCC5C=CC=CC5=C4)CC(C)(c4ccccc4)N2)C=CC31. The highest BCUT2D eigenvalue weighted by Gasteiger charge is 2.38. The molecule has 4 heteroatoms. The maximum Gasteiger partial charge on any atom is 0.223 e. The number of rotatable bonds is 4. The first-order chi connectivity index (χ1) is 23.0. The van der Waals surface area contributed by atoms with Gasteiger partial charge in [0.05, 0.1) is 0 Å². The van der Waals surface area contributed by atoms with Crippen LogP contribution in [0.1, 0.15) is 61.6 Å². The van der Waals surface area contributed by atoms with Crippen molar-refractivity contribution in [1.29, 1.82) is 0 Å². The number of allylic oxidation sites excluding steroid dienone is 15. The van der Waals surface area contributed by atoms with Gasteiger partial charge in [-0.1, -0.05) is 122 Å². The zero-order chi connectivity index (χ0) is 31.5. The molecule has 1 aromatic heterocycles. The van der Waals surface area contributed by atoms with Crippen LogP contribution in [0.2, 0.25) is 0 Å². The van der Waals surface area contributed by atoms with Crippen molar-refractivity contribution in [2.75, 3.05) is 0 Å². The molecule has 6 unspecified atom stereocenters. The summed E-state index contributed by atoms with van der Waals surface area (Å²) >= 11 is 0. The Morgan fingerprint density at radius 2 is 1.83 bits per heavy atom. The van der Waals surface area contributed by atoms with Crippen LogP contribution in [-0.2, 0) is 5.54 Å². The van der Waals surface area contributed by atoms with Crippen molar-refractivity contribution in [2.24, 2.45) is 22.7 Å². The van der Waals surface area contributed by atoms with E-state index in [1.807, 2.05) is 0 Å². The van der Waals surface area contributed by atoms with E-state index in [4.69, 9.17) is 14.4 Å². The van der Waals surface area contributed by atoms with E-state index in [2.05, 4.69) is 147 Å². The summed E-state index contributed by atoms with van der Waals surface area (Å²) in [5, 5.41) is 3.99. The van der Waals surface area contributed by atoms with Crippen LogP contribution in [0, 0.1) is 17.8 Å². The molecule has 4 nitrogen and oxygen atoms in total. The Kier molecular flexibility index (Phi) is 6.76. The second kappa shape index (κ2) is 11.2. The molecule has 1 aliphatic heterocycles. The molecule has 0 fully saturated rings. The Morgan fingerprint density at radius 1 is 0.915 bits per heavy atom. The fourth-order valence-electron chi connectivity index (χ4n) is 8.17. The van der Waals surface area contributed by atoms with Gasteiger partial charge in [-0.2, -0.15) is 0 Å². The molecule has 6 aliphatic rings. The van der Waals surface area contributed by atoms with Gasteiger partial charge in [0.25, 0.3) is 0 Å². The van der Waals surface area contributed by atoms with Crippen molar-refractivity contribution in [3.8, 4) is 0 Å². The first kappa shape index (κ1) is 28.4. The third-order valence-corrected chi connectivity index (χ3v) is 10.8. The van der Waals surface area contributed by atoms with Crippen LogP contribution < -0.4 is 5.32 Å². The predicted molar refractivity (Wildman–Crippen MR) is 193 cm³/mol. The van der Waals surface area contributed by atoms with Crippen LogP contribution in [0.5, 0.6) is 0 Å². The predicted octanol–water partition coefficient (Wildman–Crippen LogP) is 9.70. The number of hydrogen-bond donors (Lipinski definition) is 1. The summed E-state index contributed by atoms with van der Waals surface area (Å²) < 4.78 is 6.38. The Bertz CT molecular complexity index is 2090. The lowest BCUT2D eigenvalue weighted by Crippen LogP contribution is -2.51. The Labute approximate surface area is 276 Å². The van der Waals surface area contributed by atoms with E-state index in [-0.39, 0.29) is 23.5 Å². The van der Waals surface area contributed by atoms with E-state index in [9.17, 15) is 0 Å². The van der Waals surface area contributed by atoms with Crippen LogP contribution >= 0.6 is 0 Å². The topological polar surface area (TPSA) is 50.4 Å². The summed E-state index contributed by atoms with van der Waals surface area (Å²) in [7, 11) is 0. The molecule has 6 atom stereocenters. The molecule has 2 heterocycles. The number of aliphatic imine (C=N–C) groups is 1. The number of nitrogens with one attached hydrogen (secondary N) is 1. The van der Waals surface area contributed by atoms with Crippen molar-refractivity contribution in [3.05, 3.63) is 161 Å². The number of aromatic nitrogens is 1. The normalized spacial score (nSPS) is 30.5. The molecule has 9 rings (SSSR count). The molecule has 5 aliphatic carbocycles. The zero-order valence-electron chi connectivity index (χ0n) is 26.9. The molecule has 3 aromatic rings. The molecule has 0 radical (unpaired) electrons. The molecule has 2 aromatic carbocycles. The Morgan fingerprint density at radius 3 is 2.72 bits per heavy atom. The fourth-order valence-corrected chi connectivity index (χ4v) is 8.17. The van der Waals surface area contributed by atoms with Gasteiger partial charge in [0.1, 0.15) is 11.7 Å².